The van der Waals surface area contributed by atoms with Gasteiger partial charge in [0.05, 0.1) is 7.11 Å². The summed E-state index contributed by atoms with van der Waals surface area (Å²) >= 11 is 0. The predicted molar refractivity (Wildman–Crippen MR) is 87.8 cm³/mol. The fraction of sp³-hybridized carbons (Fsp3) is 0.368. The van der Waals surface area contributed by atoms with E-state index in [9.17, 15) is 0 Å². The molecule has 0 aromatic heterocycles. The highest BCUT2D eigenvalue weighted by molar-refractivity contribution is 5.71. The maximum atomic E-state index is 5.79. The van der Waals surface area contributed by atoms with Gasteiger partial charge in [0, 0.05) is 5.56 Å². The Hall–Kier alpha value is -1.80. The lowest BCUT2D eigenvalue weighted by Gasteiger charge is -2.26. The van der Waals surface area contributed by atoms with E-state index in [1.165, 1.54) is 41.5 Å². The van der Waals surface area contributed by atoms with Gasteiger partial charge in [0.1, 0.15) is 5.75 Å². The molecule has 0 saturated heterocycles. The summed E-state index contributed by atoms with van der Waals surface area (Å²) in [6.07, 6.45) is 4.83. The summed E-state index contributed by atoms with van der Waals surface area (Å²) in [7, 11) is 1.73. The van der Waals surface area contributed by atoms with E-state index in [4.69, 9.17) is 10.5 Å². The average Bonchev–Trinajstić information content (AvgIpc) is 2.55. The molecule has 0 radical (unpaired) electrons. The molecule has 0 bridgehead atoms. The van der Waals surface area contributed by atoms with Gasteiger partial charge in [-0.2, -0.15) is 0 Å². The van der Waals surface area contributed by atoms with Crippen LogP contribution in [0.2, 0.25) is 0 Å². The van der Waals surface area contributed by atoms with Crippen LogP contribution in [-0.2, 0) is 6.42 Å². The molecule has 0 heterocycles. The van der Waals surface area contributed by atoms with Crippen LogP contribution in [0.1, 0.15) is 36.3 Å². The highest BCUT2D eigenvalue weighted by Gasteiger charge is 2.20. The quantitative estimate of drug-likeness (QED) is 0.914. The SMILES string of the molecule is COc1ccccc1-c1ccc2c(c1)C(CCN)CCC2. The molecule has 3 rings (SSSR count). The molecule has 0 saturated carbocycles. The van der Waals surface area contributed by atoms with Crippen LogP contribution in [0.25, 0.3) is 11.1 Å². The topological polar surface area (TPSA) is 35.2 Å². The fourth-order valence-corrected chi connectivity index (χ4v) is 3.45. The van der Waals surface area contributed by atoms with E-state index in [1.54, 1.807) is 7.11 Å². The largest absolute Gasteiger partial charge is 0.496 e. The number of benzene rings is 2. The van der Waals surface area contributed by atoms with Crippen molar-refractivity contribution in [3.05, 3.63) is 53.6 Å². The summed E-state index contributed by atoms with van der Waals surface area (Å²) < 4.78 is 5.50. The van der Waals surface area contributed by atoms with Crippen molar-refractivity contribution in [2.75, 3.05) is 13.7 Å². The van der Waals surface area contributed by atoms with E-state index < -0.39 is 0 Å². The molecule has 2 aromatic carbocycles. The third kappa shape index (κ3) is 2.81. The van der Waals surface area contributed by atoms with Gasteiger partial charge in [-0.15, -0.1) is 0 Å². The summed E-state index contributed by atoms with van der Waals surface area (Å²) in [5, 5.41) is 0. The summed E-state index contributed by atoms with van der Waals surface area (Å²) in [6.45, 7) is 0.767. The van der Waals surface area contributed by atoms with Crippen molar-refractivity contribution in [2.24, 2.45) is 5.73 Å². The van der Waals surface area contributed by atoms with Crippen LogP contribution in [0.15, 0.2) is 42.5 Å². The Morgan fingerprint density at radius 1 is 1.19 bits per heavy atom. The second-order valence-corrected chi connectivity index (χ2v) is 5.78. The molecule has 0 fully saturated rings. The van der Waals surface area contributed by atoms with Crippen LogP contribution >= 0.6 is 0 Å². The van der Waals surface area contributed by atoms with Crippen LogP contribution in [0, 0.1) is 0 Å². The Labute approximate surface area is 126 Å². The third-order valence-corrected chi connectivity index (χ3v) is 4.52. The van der Waals surface area contributed by atoms with Crippen LogP contribution < -0.4 is 10.5 Å². The van der Waals surface area contributed by atoms with Crippen molar-refractivity contribution in [2.45, 2.75) is 31.6 Å². The first-order valence-electron chi connectivity index (χ1n) is 7.79. The number of fused-ring (bicyclic) bond motifs is 1. The molecule has 1 atom stereocenters. The van der Waals surface area contributed by atoms with Gasteiger partial charge in [-0.1, -0.05) is 36.4 Å². The molecule has 2 heteroatoms. The number of para-hydroxylation sites is 1. The maximum Gasteiger partial charge on any atom is 0.126 e. The van der Waals surface area contributed by atoms with Crippen LogP contribution in [-0.4, -0.2) is 13.7 Å². The average molecular weight is 281 g/mol. The van der Waals surface area contributed by atoms with Gasteiger partial charge >= 0.3 is 0 Å². The summed E-state index contributed by atoms with van der Waals surface area (Å²) in [5.41, 5.74) is 11.2. The zero-order valence-electron chi connectivity index (χ0n) is 12.6. The Morgan fingerprint density at radius 2 is 2.05 bits per heavy atom. The zero-order valence-corrected chi connectivity index (χ0v) is 12.6. The van der Waals surface area contributed by atoms with Crippen LogP contribution in [0.5, 0.6) is 5.75 Å². The number of ether oxygens (including phenoxy) is 1. The van der Waals surface area contributed by atoms with E-state index in [0.717, 1.165) is 18.7 Å². The molecule has 110 valence electrons. The molecule has 1 aliphatic carbocycles. The first-order valence-corrected chi connectivity index (χ1v) is 7.79. The smallest absolute Gasteiger partial charge is 0.126 e. The monoisotopic (exact) mass is 281 g/mol. The highest BCUT2D eigenvalue weighted by Crippen LogP contribution is 2.38. The Balaban J connectivity index is 2.03. The number of hydrogen-bond acceptors (Lipinski definition) is 2. The van der Waals surface area contributed by atoms with Crippen molar-refractivity contribution < 1.29 is 4.74 Å². The standard InChI is InChI=1S/C19H23NO/c1-21-19-8-3-2-7-17(19)16-10-9-14-5-4-6-15(11-12-20)18(14)13-16/h2-3,7-10,13,15H,4-6,11-12,20H2,1H3. The summed E-state index contributed by atoms with van der Waals surface area (Å²) in [4.78, 5) is 0. The Bertz CT molecular complexity index is 621. The van der Waals surface area contributed by atoms with E-state index in [0.29, 0.717) is 5.92 Å². The molecule has 1 aliphatic rings. The second-order valence-electron chi connectivity index (χ2n) is 5.78. The van der Waals surface area contributed by atoms with Crippen LogP contribution in [0.3, 0.4) is 0 Å². The fourth-order valence-electron chi connectivity index (χ4n) is 3.45. The summed E-state index contributed by atoms with van der Waals surface area (Å²) in [5.74, 6) is 1.55. The minimum Gasteiger partial charge on any atom is -0.496 e. The molecular weight excluding hydrogens is 258 g/mol. The first kappa shape index (κ1) is 14.2. The summed E-state index contributed by atoms with van der Waals surface area (Å²) in [6, 6.07) is 15.1. The molecule has 0 spiro atoms. The third-order valence-electron chi connectivity index (χ3n) is 4.52. The lowest BCUT2D eigenvalue weighted by molar-refractivity contribution is 0.416. The number of nitrogens with two attached hydrogens (primary N) is 1. The van der Waals surface area contributed by atoms with E-state index in [-0.39, 0.29) is 0 Å². The van der Waals surface area contributed by atoms with Gasteiger partial charge in [0.25, 0.3) is 0 Å². The van der Waals surface area contributed by atoms with Gasteiger partial charge in [-0.25, -0.2) is 0 Å². The lowest BCUT2D eigenvalue weighted by atomic mass is 9.80. The molecular formula is C19H23NO. The van der Waals surface area contributed by atoms with Gasteiger partial charge < -0.3 is 10.5 Å². The number of aryl methyl sites for hydroxylation is 1. The van der Waals surface area contributed by atoms with E-state index in [2.05, 4.69) is 30.3 Å². The molecule has 2 N–H and O–H groups in total. The van der Waals surface area contributed by atoms with Gasteiger partial charge in [0.2, 0.25) is 0 Å². The van der Waals surface area contributed by atoms with Crippen molar-refractivity contribution in [3.8, 4) is 16.9 Å². The minimum absolute atomic E-state index is 0.619. The highest BCUT2D eigenvalue weighted by atomic mass is 16.5. The van der Waals surface area contributed by atoms with Gasteiger partial charge in [-0.3, -0.25) is 0 Å². The molecule has 21 heavy (non-hydrogen) atoms. The van der Waals surface area contributed by atoms with Crippen molar-refractivity contribution in [1.82, 2.24) is 0 Å². The van der Waals surface area contributed by atoms with E-state index in [1.807, 2.05) is 12.1 Å². The first-order chi connectivity index (χ1) is 10.3. The van der Waals surface area contributed by atoms with Crippen molar-refractivity contribution in [3.63, 3.8) is 0 Å². The normalized spacial score (nSPS) is 17.3. The lowest BCUT2D eigenvalue weighted by Crippen LogP contribution is -2.14. The molecule has 2 aromatic rings. The second kappa shape index (κ2) is 6.31. The molecule has 0 aliphatic heterocycles. The van der Waals surface area contributed by atoms with Gasteiger partial charge in [0.15, 0.2) is 0 Å². The number of methoxy groups -OCH3 is 1. The maximum absolute atomic E-state index is 5.79. The molecule has 2 nitrogen and oxygen atoms in total. The Kier molecular flexibility index (Phi) is 4.26. The van der Waals surface area contributed by atoms with Crippen molar-refractivity contribution in [1.29, 1.82) is 0 Å². The number of rotatable bonds is 4. The zero-order chi connectivity index (χ0) is 14.7. The molecule has 0 amide bonds. The van der Waals surface area contributed by atoms with E-state index >= 15 is 0 Å². The Morgan fingerprint density at radius 3 is 2.86 bits per heavy atom. The predicted octanol–water partition coefficient (Wildman–Crippen LogP) is 4.13. The van der Waals surface area contributed by atoms with Gasteiger partial charge in [-0.05, 0) is 60.9 Å². The van der Waals surface area contributed by atoms with Crippen molar-refractivity contribution >= 4 is 0 Å². The number of hydrogen-bond donors (Lipinski definition) is 1. The minimum atomic E-state index is 0.619. The molecule has 1 unspecified atom stereocenters. The van der Waals surface area contributed by atoms with Crippen LogP contribution in [0.4, 0.5) is 0 Å².